The molecule has 2 atom stereocenters. The van der Waals surface area contributed by atoms with Gasteiger partial charge in [0.2, 0.25) is 0 Å². The van der Waals surface area contributed by atoms with Gasteiger partial charge in [0.15, 0.2) is 0 Å². The first-order valence-corrected chi connectivity index (χ1v) is 7.35. The molecular weight excluding hydrogens is 251 g/mol. The molecule has 0 radical (unpaired) electrons. The van der Waals surface area contributed by atoms with Gasteiger partial charge >= 0.3 is 0 Å². The fraction of sp³-hybridized carbons (Fsp3) is 0.462. The highest BCUT2D eigenvalue weighted by atomic mass is 32.2. The summed E-state index contributed by atoms with van der Waals surface area (Å²) in [5.41, 5.74) is 0.941. The van der Waals surface area contributed by atoms with E-state index in [0.717, 1.165) is 0 Å². The standard InChI is InChI=1S/C13H17FN2OS/c1-10(9-18(3)17)16(2)8-12-6-11(7-15)4-5-13(12)14/h4-6,10H,8-9H2,1-3H3/t10-,18+/m0/s1. The van der Waals surface area contributed by atoms with Gasteiger partial charge in [-0.15, -0.1) is 0 Å². The Bertz CT molecular complexity index is 484. The highest BCUT2D eigenvalue weighted by molar-refractivity contribution is 7.84. The van der Waals surface area contributed by atoms with Crippen LogP contribution in [0, 0.1) is 17.1 Å². The lowest BCUT2D eigenvalue weighted by molar-refractivity contribution is 0.265. The summed E-state index contributed by atoms with van der Waals surface area (Å²) < 4.78 is 24.7. The van der Waals surface area contributed by atoms with Crippen LogP contribution < -0.4 is 0 Å². The molecule has 0 saturated heterocycles. The number of halogens is 1. The van der Waals surface area contributed by atoms with Crippen LogP contribution in [0.4, 0.5) is 4.39 Å². The van der Waals surface area contributed by atoms with Crippen LogP contribution in [0.3, 0.4) is 0 Å². The van der Waals surface area contributed by atoms with E-state index in [1.807, 2.05) is 24.9 Å². The number of hydrogen-bond donors (Lipinski definition) is 0. The molecule has 1 aromatic carbocycles. The molecule has 0 fully saturated rings. The van der Waals surface area contributed by atoms with Crippen LogP contribution in [0.15, 0.2) is 18.2 Å². The van der Waals surface area contributed by atoms with Crippen LogP contribution in [-0.4, -0.2) is 34.2 Å². The van der Waals surface area contributed by atoms with Crippen LogP contribution >= 0.6 is 0 Å². The molecule has 0 bridgehead atoms. The summed E-state index contributed by atoms with van der Waals surface area (Å²) in [6, 6.07) is 6.42. The monoisotopic (exact) mass is 268 g/mol. The topological polar surface area (TPSA) is 44.1 Å². The zero-order chi connectivity index (χ0) is 13.7. The normalized spacial score (nSPS) is 14.2. The fourth-order valence-corrected chi connectivity index (χ4v) is 2.59. The minimum absolute atomic E-state index is 0.0981. The molecule has 0 aliphatic heterocycles. The van der Waals surface area contributed by atoms with E-state index in [1.165, 1.54) is 12.1 Å². The average molecular weight is 268 g/mol. The summed E-state index contributed by atoms with van der Waals surface area (Å²) >= 11 is 0. The molecule has 0 aromatic heterocycles. The van der Waals surface area contributed by atoms with Gasteiger partial charge in [-0.2, -0.15) is 5.26 Å². The van der Waals surface area contributed by atoms with Crippen molar-refractivity contribution in [2.45, 2.75) is 19.5 Å². The molecule has 0 aliphatic rings. The third kappa shape index (κ3) is 4.21. The maximum Gasteiger partial charge on any atom is 0.127 e. The van der Waals surface area contributed by atoms with Crippen LogP contribution in [0.2, 0.25) is 0 Å². The molecule has 0 N–H and O–H groups in total. The molecule has 18 heavy (non-hydrogen) atoms. The van der Waals surface area contributed by atoms with E-state index in [-0.39, 0.29) is 11.9 Å². The Hall–Kier alpha value is -1.25. The third-order valence-electron chi connectivity index (χ3n) is 2.82. The summed E-state index contributed by atoms with van der Waals surface area (Å²) in [5, 5.41) is 8.79. The Kier molecular flexibility index (Phi) is 5.45. The number of nitrogens with zero attached hydrogens (tertiary/aromatic N) is 2. The lowest BCUT2D eigenvalue weighted by atomic mass is 10.1. The minimum Gasteiger partial charge on any atom is -0.298 e. The summed E-state index contributed by atoms with van der Waals surface area (Å²) in [4.78, 5) is 1.93. The van der Waals surface area contributed by atoms with E-state index in [1.54, 1.807) is 12.3 Å². The van der Waals surface area contributed by atoms with E-state index in [0.29, 0.717) is 23.4 Å². The molecule has 0 spiro atoms. The van der Waals surface area contributed by atoms with Gasteiger partial charge in [-0.1, -0.05) is 0 Å². The zero-order valence-corrected chi connectivity index (χ0v) is 11.6. The lowest BCUT2D eigenvalue weighted by Gasteiger charge is -2.24. The Morgan fingerprint density at radius 2 is 2.22 bits per heavy atom. The van der Waals surface area contributed by atoms with E-state index in [2.05, 4.69) is 0 Å². The molecule has 0 amide bonds. The Morgan fingerprint density at radius 3 is 2.78 bits per heavy atom. The molecule has 0 heterocycles. The number of rotatable bonds is 5. The number of benzene rings is 1. The van der Waals surface area contributed by atoms with Crippen LogP contribution in [0.25, 0.3) is 0 Å². The summed E-state index contributed by atoms with van der Waals surface area (Å²) in [6.07, 6.45) is 1.65. The maximum absolute atomic E-state index is 13.6. The van der Waals surface area contributed by atoms with Gasteiger partial charge in [-0.05, 0) is 32.2 Å². The highest BCUT2D eigenvalue weighted by Crippen LogP contribution is 2.13. The Labute approximate surface area is 110 Å². The van der Waals surface area contributed by atoms with Crippen molar-refractivity contribution in [3.05, 3.63) is 35.1 Å². The Morgan fingerprint density at radius 1 is 1.56 bits per heavy atom. The predicted octanol–water partition coefficient (Wildman–Crippen LogP) is 1.90. The van der Waals surface area contributed by atoms with Gasteiger partial charge in [-0.25, -0.2) is 4.39 Å². The first kappa shape index (κ1) is 14.8. The third-order valence-corrected chi connectivity index (χ3v) is 3.77. The van der Waals surface area contributed by atoms with Crippen molar-refractivity contribution in [3.8, 4) is 6.07 Å². The molecule has 0 aliphatic carbocycles. The van der Waals surface area contributed by atoms with E-state index in [4.69, 9.17) is 5.26 Å². The van der Waals surface area contributed by atoms with Crippen LogP contribution in [-0.2, 0) is 17.3 Å². The molecule has 0 saturated carbocycles. The van der Waals surface area contributed by atoms with Crippen molar-refractivity contribution in [1.82, 2.24) is 4.90 Å². The van der Waals surface area contributed by atoms with Gasteiger partial charge < -0.3 is 0 Å². The second-order valence-electron chi connectivity index (χ2n) is 4.42. The first-order chi connectivity index (χ1) is 8.43. The molecule has 1 aromatic rings. The molecule has 0 unspecified atom stereocenters. The van der Waals surface area contributed by atoms with Crippen molar-refractivity contribution >= 4 is 10.8 Å². The van der Waals surface area contributed by atoms with E-state index in [9.17, 15) is 8.60 Å². The SMILES string of the molecule is C[C@@H](C[S@@](C)=O)N(C)Cc1cc(C#N)ccc1F. The zero-order valence-electron chi connectivity index (χ0n) is 10.8. The molecule has 3 nitrogen and oxygen atoms in total. The molecular formula is C13H17FN2OS. The fourth-order valence-electron chi connectivity index (χ4n) is 1.66. The second-order valence-corrected chi connectivity index (χ2v) is 5.90. The molecule has 98 valence electrons. The van der Waals surface area contributed by atoms with Crippen molar-refractivity contribution in [2.75, 3.05) is 19.1 Å². The first-order valence-electron chi connectivity index (χ1n) is 5.63. The predicted molar refractivity (Wildman–Crippen MR) is 71.0 cm³/mol. The highest BCUT2D eigenvalue weighted by Gasteiger charge is 2.13. The van der Waals surface area contributed by atoms with Gasteiger partial charge in [-0.3, -0.25) is 9.11 Å². The van der Waals surface area contributed by atoms with Crippen LogP contribution in [0.1, 0.15) is 18.1 Å². The van der Waals surface area contributed by atoms with Gasteiger partial charge in [0, 0.05) is 41.0 Å². The van der Waals surface area contributed by atoms with Crippen LogP contribution in [0.5, 0.6) is 0 Å². The largest absolute Gasteiger partial charge is 0.298 e. The van der Waals surface area contributed by atoms with Crippen molar-refractivity contribution in [2.24, 2.45) is 0 Å². The number of hydrogen-bond acceptors (Lipinski definition) is 3. The summed E-state index contributed by atoms with van der Waals surface area (Å²) in [5.74, 6) is 0.237. The quantitative estimate of drug-likeness (QED) is 0.819. The van der Waals surface area contributed by atoms with Crippen molar-refractivity contribution in [1.29, 1.82) is 5.26 Å². The minimum atomic E-state index is -0.873. The average Bonchev–Trinajstić information content (AvgIpc) is 2.31. The van der Waals surface area contributed by atoms with Gasteiger partial charge in [0.05, 0.1) is 11.6 Å². The Balaban J connectivity index is 2.78. The van der Waals surface area contributed by atoms with Gasteiger partial charge in [0.25, 0.3) is 0 Å². The van der Waals surface area contributed by atoms with E-state index >= 15 is 0 Å². The maximum atomic E-state index is 13.6. The van der Waals surface area contributed by atoms with Gasteiger partial charge in [0.1, 0.15) is 5.82 Å². The number of nitriles is 1. The smallest absolute Gasteiger partial charge is 0.127 e. The second kappa shape index (κ2) is 6.62. The summed E-state index contributed by atoms with van der Waals surface area (Å²) in [7, 11) is 0.984. The summed E-state index contributed by atoms with van der Waals surface area (Å²) in [6.45, 7) is 2.35. The molecule has 1 rings (SSSR count). The van der Waals surface area contributed by atoms with E-state index < -0.39 is 10.8 Å². The van der Waals surface area contributed by atoms with Crippen molar-refractivity contribution in [3.63, 3.8) is 0 Å². The van der Waals surface area contributed by atoms with Crippen molar-refractivity contribution < 1.29 is 8.60 Å². The lowest BCUT2D eigenvalue weighted by Crippen LogP contribution is -2.33. The molecule has 5 heteroatoms.